The van der Waals surface area contributed by atoms with Gasteiger partial charge in [-0.05, 0) is 12.1 Å². The van der Waals surface area contributed by atoms with Gasteiger partial charge in [0.05, 0.1) is 5.56 Å². The highest BCUT2D eigenvalue weighted by Crippen LogP contribution is 2.35. The Hall–Kier alpha value is -0.640. The fourth-order valence-electron chi connectivity index (χ4n) is 1.26. The van der Waals surface area contributed by atoms with Crippen molar-refractivity contribution in [3.8, 4) is 5.75 Å². The number of alkyl halides is 3. The van der Waals surface area contributed by atoms with Gasteiger partial charge in [-0.2, -0.15) is 0 Å². The summed E-state index contributed by atoms with van der Waals surface area (Å²) in [4.78, 5) is 11.6. The summed E-state index contributed by atoms with van der Waals surface area (Å²) in [5.41, 5.74) is 0.433. The molecule has 0 bridgehead atoms. The van der Waals surface area contributed by atoms with E-state index >= 15 is 0 Å². The fourth-order valence-corrected chi connectivity index (χ4v) is 1.56. The maximum atomic E-state index is 11.6. The van der Waals surface area contributed by atoms with Crippen molar-refractivity contribution < 1.29 is 9.53 Å². The molecule has 1 N–H and O–H groups in total. The number of ether oxygens (including phenoxy) is 1. The van der Waals surface area contributed by atoms with E-state index in [1.807, 2.05) is 0 Å². The van der Waals surface area contributed by atoms with Crippen LogP contribution in [0.2, 0.25) is 0 Å². The molecule has 0 radical (unpaired) electrons. The molecule has 1 amide bonds. The number of nitrogens with one attached hydrogen (secondary N) is 1. The molecule has 0 aliphatic carbocycles. The van der Waals surface area contributed by atoms with Crippen molar-refractivity contribution in [1.82, 2.24) is 5.32 Å². The Labute approximate surface area is 101 Å². The molecule has 3 nitrogen and oxygen atoms in total. The minimum absolute atomic E-state index is 0.312. The Balaban J connectivity index is 2.35. The van der Waals surface area contributed by atoms with Gasteiger partial charge in [0, 0.05) is 0 Å². The minimum Gasteiger partial charge on any atom is -0.465 e. The summed E-state index contributed by atoms with van der Waals surface area (Å²) in [6, 6.07) is 6.76. The van der Waals surface area contributed by atoms with E-state index in [9.17, 15) is 4.79 Å². The van der Waals surface area contributed by atoms with Gasteiger partial charge in [0.15, 0.2) is 0 Å². The molecule has 1 aliphatic rings. The van der Waals surface area contributed by atoms with Crippen molar-refractivity contribution >= 4 is 40.7 Å². The standard InChI is InChI=1S/C9H6Cl3NO2/c10-9(11,12)8-13-7(14)5-3-1-2-4-6(5)15-8/h1-4,8H,(H,13,14)/t8-/m0/s1. The van der Waals surface area contributed by atoms with Crippen LogP contribution in [0.5, 0.6) is 5.75 Å². The second-order valence-electron chi connectivity index (χ2n) is 3.01. The number of amides is 1. The van der Waals surface area contributed by atoms with Gasteiger partial charge < -0.3 is 10.1 Å². The molecular weight excluding hydrogens is 260 g/mol. The van der Waals surface area contributed by atoms with Gasteiger partial charge in [0.25, 0.3) is 5.91 Å². The van der Waals surface area contributed by atoms with Crippen LogP contribution >= 0.6 is 34.8 Å². The first kappa shape index (κ1) is 10.9. The molecule has 1 aromatic carbocycles. The Morgan fingerprint density at radius 1 is 1.27 bits per heavy atom. The molecule has 0 saturated heterocycles. The maximum Gasteiger partial charge on any atom is 0.257 e. The quantitative estimate of drug-likeness (QED) is 0.733. The van der Waals surface area contributed by atoms with E-state index in [2.05, 4.69) is 5.32 Å². The molecule has 0 saturated carbocycles. The molecule has 15 heavy (non-hydrogen) atoms. The number of halogens is 3. The van der Waals surface area contributed by atoms with Crippen molar-refractivity contribution in [2.75, 3.05) is 0 Å². The lowest BCUT2D eigenvalue weighted by molar-refractivity contribution is 0.0763. The van der Waals surface area contributed by atoms with Crippen LogP contribution in [0.25, 0.3) is 0 Å². The van der Waals surface area contributed by atoms with Crippen LogP contribution in [0.4, 0.5) is 0 Å². The number of fused-ring (bicyclic) bond motifs is 1. The normalized spacial score (nSPS) is 20.2. The van der Waals surface area contributed by atoms with E-state index in [1.165, 1.54) is 0 Å². The third kappa shape index (κ3) is 2.14. The Morgan fingerprint density at radius 2 is 1.93 bits per heavy atom. The first-order valence-electron chi connectivity index (χ1n) is 4.12. The van der Waals surface area contributed by atoms with E-state index in [0.717, 1.165) is 0 Å². The average molecular weight is 267 g/mol. The monoisotopic (exact) mass is 265 g/mol. The lowest BCUT2D eigenvalue weighted by atomic mass is 10.1. The molecule has 2 rings (SSSR count). The van der Waals surface area contributed by atoms with Gasteiger partial charge in [0.1, 0.15) is 5.75 Å². The zero-order chi connectivity index (χ0) is 11.1. The number of para-hydroxylation sites is 1. The van der Waals surface area contributed by atoms with Crippen LogP contribution in [-0.4, -0.2) is 15.9 Å². The number of benzene rings is 1. The largest absolute Gasteiger partial charge is 0.465 e. The maximum absolute atomic E-state index is 11.6. The Kier molecular flexibility index (Phi) is 2.71. The van der Waals surface area contributed by atoms with Gasteiger partial charge in [-0.15, -0.1) is 0 Å². The van der Waals surface area contributed by atoms with E-state index in [-0.39, 0.29) is 5.91 Å². The van der Waals surface area contributed by atoms with Crippen LogP contribution in [0.15, 0.2) is 24.3 Å². The highest BCUT2D eigenvalue weighted by Gasteiger charge is 2.39. The van der Waals surface area contributed by atoms with E-state index in [0.29, 0.717) is 11.3 Å². The van der Waals surface area contributed by atoms with Crippen molar-refractivity contribution in [1.29, 1.82) is 0 Å². The first-order valence-corrected chi connectivity index (χ1v) is 5.25. The molecule has 6 heteroatoms. The van der Waals surface area contributed by atoms with Crippen LogP contribution in [0.1, 0.15) is 10.4 Å². The number of hydrogen-bond donors (Lipinski definition) is 1. The molecule has 1 heterocycles. The zero-order valence-corrected chi connectivity index (χ0v) is 9.60. The van der Waals surface area contributed by atoms with Gasteiger partial charge in [-0.1, -0.05) is 46.9 Å². The zero-order valence-electron chi connectivity index (χ0n) is 7.34. The number of carbonyl (C=O) groups is 1. The summed E-state index contributed by atoms with van der Waals surface area (Å²) >= 11 is 16.9. The number of carbonyl (C=O) groups excluding carboxylic acids is 1. The van der Waals surface area contributed by atoms with Crippen molar-refractivity contribution in [2.24, 2.45) is 0 Å². The highest BCUT2D eigenvalue weighted by atomic mass is 35.6. The van der Waals surface area contributed by atoms with E-state index < -0.39 is 10.0 Å². The fraction of sp³-hybridized carbons (Fsp3) is 0.222. The summed E-state index contributed by atoms with van der Waals surface area (Å²) in [5.74, 6) is 0.103. The molecule has 1 aromatic rings. The number of hydrogen-bond acceptors (Lipinski definition) is 2. The molecule has 1 atom stereocenters. The first-order chi connectivity index (χ1) is 6.98. The molecule has 0 fully saturated rings. The average Bonchev–Trinajstić information content (AvgIpc) is 2.16. The Bertz CT molecular complexity index is 403. The highest BCUT2D eigenvalue weighted by molar-refractivity contribution is 6.68. The topological polar surface area (TPSA) is 38.3 Å². The predicted molar refractivity (Wildman–Crippen MR) is 58.6 cm³/mol. The van der Waals surface area contributed by atoms with Crippen molar-refractivity contribution in [3.63, 3.8) is 0 Å². The molecule has 0 aromatic heterocycles. The minimum atomic E-state index is -1.69. The van der Waals surface area contributed by atoms with Gasteiger partial charge in [0.2, 0.25) is 10.0 Å². The van der Waals surface area contributed by atoms with Crippen LogP contribution in [-0.2, 0) is 0 Å². The van der Waals surface area contributed by atoms with Crippen LogP contribution in [0.3, 0.4) is 0 Å². The second-order valence-corrected chi connectivity index (χ2v) is 5.38. The molecule has 0 spiro atoms. The summed E-state index contributed by atoms with van der Waals surface area (Å²) in [7, 11) is 0. The Morgan fingerprint density at radius 3 is 2.60 bits per heavy atom. The SMILES string of the molecule is O=C1N[C@H](C(Cl)(Cl)Cl)Oc2ccccc21. The lowest BCUT2D eigenvalue weighted by Gasteiger charge is -2.30. The lowest BCUT2D eigenvalue weighted by Crippen LogP contribution is -2.50. The summed E-state index contributed by atoms with van der Waals surface area (Å²) < 4.78 is 3.65. The molecular formula is C9H6Cl3NO2. The van der Waals surface area contributed by atoms with Crippen molar-refractivity contribution in [2.45, 2.75) is 10.0 Å². The van der Waals surface area contributed by atoms with Crippen LogP contribution < -0.4 is 10.1 Å². The van der Waals surface area contributed by atoms with E-state index in [1.54, 1.807) is 24.3 Å². The second kappa shape index (κ2) is 3.74. The third-order valence-corrected chi connectivity index (χ3v) is 2.53. The van der Waals surface area contributed by atoms with Gasteiger partial charge >= 0.3 is 0 Å². The van der Waals surface area contributed by atoms with Gasteiger partial charge in [-0.25, -0.2) is 0 Å². The smallest absolute Gasteiger partial charge is 0.257 e. The van der Waals surface area contributed by atoms with E-state index in [4.69, 9.17) is 39.5 Å². The summed E-state index contributed by atoms with van der Waals surface area (Å²) in [6.45, 7) is 0. The van der Waals surface area contributed by atoms with Crippen LogP contribution in [0, 0.1) is 0 Å². The predicted octanol–water partition coefficient (Wildman–Crippen LogP) is 2.51. The van der Waals surface area contributed by atoms with Gasteiger partial charge in [-0.3, -0.25) is 4.79 Å². The summed E-state index contributed by atoms with van der Waals surface area (Å²) in [6.07, 6.45) is -0.968. The molecule has 80 valence electrons. The molecule has 0 unspecified atom stereocenters. The third-order valence-electron chi connectivity index (χ3n) is 1.94. The van der Waals surface area contributed by atoms with Crippen molar-refractivity contribution in [3.05, 3.63) is 29.8 Å². The summed E-state index contributed by atoms with van der Waals surface area (Å²) in [5, 5.41) is 2.46. The molecule has 1 aliphatic heterocycles. The number of rotatable bonds is 0.